The number of nitrogens with zero attached hydrogens (tertiary/aromatic N) is 1. The van der Waals surface area contributed by atoms with Crippen molar-refractivity contribution in [2.75, 3.05) is 6.54 Å². The van der Waals surface area contributed by atoms with E-state index in [0.717, 1.165) is 17.3 Å². The Kier molecular flexibility index (Phi) is 4.67. The summed E-state index contributed by atoms with van der Waals surface area (Å²) in [6.07, 6.45) is 0.636. The summed E-state index contributed by atoms with van der Waals surface area (Å²) in [7, 11) is 0. The molecule has 0 saturated carbocycles. The van der Waals surface area contributed by atoms with Crippen molar-refractivity contribution in [1.29, 1.82) is 0 Å². The van der Waals surface area contributed by atoms with Gasteiger partial charge in [-0.1, -0.05) is 41.1 Å². The molecule has 0 aromatic heterocycles. The van der Waals surface area contributed by atoms with Gasteiger partial charge in [0.15, 0.2) is 0 Å². The summed E-state index contributed by atoms with van der Waals surface area (Å²) in [5.41, 5.74) is 3.62. The Morgan fingerprint density at radius 2 is 1.96 bits per heavy atom. The SMILES string of the molecule is Cc1ccc(C2=NOC(CNCc3ccc(F)cc3F)C2)cc1. The molecule has 0 fully saturated rings. The molecule has 2 aromatic carbocycles. The van der Waals surface area contributed by atoms with E-state index in [9.17, 15) is 8.78 Å². The number of aryl methyl sites for hydroxylation is 1. The van der Waals surface area contributed by atoms with Gasteiger partial charge in [-0.05, 0) is 18.6 Å². The monoisotopic (exact) mass is 316 g/mol. The van der Waals surface area contributed by atoms with Crippen molar-refractivity contribution in [2.24, 2.45) is 5.16 Å². The molecule has 23 heavy (non-hydrogen) atoms. The summed E-state index contributed by atoms with van der Waals surface area (Å²) in [6.45, 7) is 2.92. The number of rotatable bonds is 5. The summed E-state index contributed by atoms with van der Waals surface area (Å²) in [4.78, 5) is 5.41. The third-order valence-corrected chi connectivity index (χ3v) is 3.82. The highest BCUT2D eigenvalue weighted by molar-refractivity contribution is 6.01. The molecule has 3 rings (SSSR count). The van der Waals surface area contributed by atoms with Crippen molar-refractivity contribution >= 4 is 5.71 Å². The zero-order valence-electron chi connectivity index (χ0n) is 12.9. The average Bonchev–Trinajstić information content (AvgIpc) is 2.99. The zero-order valence-corrected chi connectivity index (χ0v) is 12.9. The highest BCUT2D eigenvalue weighted by Gasteiger charge is 2.21. The standard InChI is InChI=1S/C18H18F2N2O/c1-12-2-4-13(5-3-12)18-9-16(23-22-18)11-21-10-14-6-7-15(19)8-17(14)20/h2-8,16,21H,9-11H2,1H3. The smallest absolute Gasteiger partial charge is 0.145 e. The lowest BCUT2D eigenvalue weighted by atomic mass is 10.0. The van der Waals surface area contributed by atoms with Gasteiger partial charge < -0.3 is 10.2 Å². The first-order chi connectivity index (χ1) is 11.1. The fourth-order valence-electron chi connectivity index (χ4n) is 2.49. The molecule has 1 heterocycles. The van der Waals surface area contributed by atoms with E-state index in [4.69, 9.17) is 4.84 Å². The van der Waals surface area contributed by atoms with Crippen LogP contribution in [0.25, 0.3) is 0 Å². The predicted molar refractivity (Wildman–Crippen MR) is 85.3 cm³/mol. The Morgan fingerprint density at radius 3 is 2.70 bits per heavy atom. The lowest BCUT2D eigenvalue weighted by Crippen LogP contribution is -2.27. The Labute approximate surface area is 134 Å². The van der Waals surface area contributed by atoms with Gasteiger partial charge in [0.1, 0.15) is 17.7 Å². The highest BCUT2D eigenvalue weighted by Crippen LogP contribution is 2.17. The molecule has 0 aliphatic carbocycles. The molecule has 2 aromatic rings. The summed E-state index contributed by atoms with van der Waals surface area (Å²) in [6, 6.07) is 11.7. The normalized spacial score (nSPS) is 17.0. The van der Waals surface area contributed by atoms with Crippen LogP contribution in [0.1, 0.15) is 23.1 Å². The van der Waals surface area contributed by atoms with Gasteiger partial charge >= 0.3 is 0 Å². The van der Waals surface area contributed by atoms with Gasteiger partial charge in [0.25, 0.3) is 0 Å². The van der Waals surface area contributed by atoms with E-state index in [-0.39, 0.29) is 6.10 Å². The van der Waals surface area contributed by atoms with Crippen molar-refractivity contribution in [3.8, 4) is 0 Å². The second-order valence-electron chi connectivity index (χ2n) is 5.70. The van der Waals surface area contributed by atoms with Crippen molar-refractivity contribution < 1.29 is 13.6 Å². The van der Waals surface area contributed by atoms with Gasteiger partial charge in [0.05, 0.1) is 5.71 Å². The van der Waals surface area contributed by atoms with Crippen LogP contribution in [0.5, 0.6) is 0 Å². The van der Waals surface area contributed by atoms with Gasteiger partial charge in [-0.25, -0.2) is 8.78 Å². The fourth-order valence-corrected chi connectivity index (χ4v) is 2.49. The van der Waals surface area contributed by atoms with Crippen LogP contribution in [0, 0.1) is 18.6 Å². The van der Waals surface area contributed by atoms with Crippen LogP contribution < -0.4 is 5.32 Å². The van der Waals surface area contributed by atoms with Crippen LogP contribution in [0.2, 0.25) is 0 Å². The molecule has 1 aliphatic rings. The second-order valence-corrected chi connectivity index (χ2v) is 5.70. The third kappa shape index (κ3) is 3.93. The van der Waals surface area contributed by atoms with Crippen LogP contribution in [0.3, 0.4) is 0 Å². The molecule has 0 bridgehead atoms. The van der Waals surface area contributed by atoms with Gasteiger partial charge in [-0.3, -0.25) is 0 Å². The maximum atomic E-state index is 13.5. The Hall–Kier alpha value is -2.27. The topological polar surface area (TPSA) is 33.6 Å². The molecule has 1 N–H and O–H groups in total. The molecule has 120 valence electrons. The Morgan fingerprint density at radius 1 is 1.17 bits per heavy atom. The zero-order chi connectivity index (χ0) is 16.2. The molecule has 5 heteroatoms. The van der Waals surface area contributed by atoms with Crippen molar-refractivity contribution in [3.63, 3.8) is 0 Å². The van der Waals surface area contributed by atoms with E-state index in [1.807, 2.05) is 31.2 Å². The van der Waals surface area contributed by atoms with Crippen LogP contribution in [0.4, 0.5) is 8.78 Å². The first-order valence-corrected chi connectivity index (χ1v) is 7.56. The Bertz CT molecular complexity index is 713. The van der Waals surface area contributed by atoms with Gasteiger partial charge in [0, 0.05) is 31.1 Å². The minimum atomic E-state index is -0.568. The highest BCUT2D eigenvalue weighted by atomic mass is 19.1. The first-order valence-electron chi connectivity index (χ1n) is 7.56. The van der Waals surface area contributed by atoms with Crippen LogP contribution in [-0.4, -0.2) is 18.4 Å². The maximum absolute atomic E-state index is 13.5. The summed E-state index contributed by atoms with van der Waals surface area (Å²) >= 11 is 0. The number of halogens is 2. The van der Waals surface area contributed by atoms with Gasteiger partial charge in [-0.2, -0.15) is 0 Å². The molecular weight excluding hydrogens is 298 g/mol. The molecule has 1 atom stereocenters. The molecule has 0 saturated heterocycles. The van der Waals surface area contributed by atoms with Crippen LogP contribution in [-0.2, 0) is 11.4 Å². The van der Waals surface area contributed by atoms with E-state index in [2.05, 4.69) is 10.5 Å². The molecular formula is C18H18F2N2O. The Balaban J connectivity index is 1.49. The van der Waals surface area contributed by atoms with Gasteiger partial charge in [-0.15, -0.1) is 0 Å². The lowest BCUT2D eigenvalue weighted by molar-refractivity contribution is 0.0848. The minimum absolute atomic E-state index is 0.0742. The summed E-state index contributed by atoms with van der Waals surface area (Å²) in [5.74, 6) is -1.11. The first kappa shape index (κ1) is 15.6. The van der Waals surface area contributed by atoms with Gasteiger partial charge in [0.2, 0.25) is 0 Å². The van der Waals surface area contributed by atoms with E-state index >= 15 is 0 Å². The quantitative estimate of drug-likeness (QED) is 0.915. The van der Waals surface area contributed by atoms with Crippen LogP contribution in [0.15, 0.2) is 47.6 Å². The number of benzene rings is 2. The van der Waals surface area contributed by atoms with Crippen molar-refractivity contribution in [1.82, 2.24) is 5.32 Å². The lowest BCUT2D eigenvalue weighted by Gasteiger charge is -2.10. The largest absolute Gasteiger partial charge is 0.390 e. The fraction of sp³-hybridized carbons (Fsp3) is 0.278. The van der Waals surface area contributed by atoms with Crippen molar-refractivity contribution in [2.45, 2.75) is 26.0 Å². The number of hydrogen-bond donors (Lipinski definition) is 1. The molecule has 1 aliphatic heterocycles. The summed E-state index contributed by atoms with van der Waals surface area (Å²) in [5, 5.41) is 7.25. The average molecular weight is 316 g/mol. The van der Waals surface area contributed by atoms with E-state index in [1.54, 1.807) is 0 Å². The number of hydrogen-bond acceptors (Lipinski definition) is 3. The molecule has 3 nitrogen and oxygen atoms in total. The maximum Gasteiger partial charge on any atom is 0.145 e. The molecule has 0 amide bonds. The van der Waals surface area contributed by atoms with E-state index < -0.39 is 11.6 Å². The minimum Gasteiger partial charge on any atom is -0.390 e. The predicted octanol–water partition coefficient (Wildman–Crippen LogP) is 3.56. The molecule has 0 radical (unpaired) electrons. The molecule has 0 spiro atoms. The van der Waals surface area contributed by atoms with Crippen LogP contribution >= 0.6 is 0 Å². The van der Waals surface area contributed by atoms with E-state index in [1.165, 1.54) is 17.7 Å². The van der Waals surface area contributed by atoms with E-state index in [0.29, 0.717) is 25.1 Å². The number of oxime groups is 1. The third-order valence-electron chi connectivity index (χ3n) is 3.82. The number of nitrogens with one attached hydrogen (secondary N) is 1. The molecule has 1 unspecified atom stereocenters. The van der Waals surface area contributed by atoms with Crippen molar-refractivity contribution in [3.05, 3.63) is 70.8 Å². The second kappa shape index (κ2) is 6.87. The summed E-state index contributed by atoms with van der Waals surface area (Å²) < 4.78 is 26.4.